The van der Waals surface area contributed by atoms with E-state index in [1.165, 1.54) is 83.5 Å². The quantitative estimate of drug-likeness (QED) is 0.0549. The molecule has 0 aromatic rings. The molecule has 2 atom stereocenters. The number of esters is 2. The Bertz CT molecular complexity index is 643. The summed E-state index contributed by atoms with van der Waals surface area (Å²) in [6.07, 6.45) is 30.3. The maximum Gasteiger partial charge on any atom is 0.306 e. The number of rotatable bonds is 35. The monoisotopic (exact) mass is 640 g/mol. The van der Waals surface area contributed by atoms with Crippen molar-refractivity contribution in [3.05, 3.63) is 0 Å². The van der Waals surface area contributed by atoms with Crippen molar-refractivity contribution in [3.8, 4) is 0 Å². The van der Waals surface area contributed by atoms with Gasteiger partial charge in [-0.3, -0.25) is 9.59 Å². The van der Waals surface area contributed by atoms with Crippen LogP contribution in [0.3, 0.4) is 0 Å². The maximum absolute atomic E-state index is 12.6. The van der Waals surface area contributed by atoms with E-state index >= 15 is 0 Å². The standard InChI is InChI=1S/C39H77NO5/c1-5-8-11-14-17-23-30-37(29-22-16-12-9-6-2)45-39(43)32-24-18-15-19-26-33-40(4)35-36(41)28-21-20-25-31-38(42)44-34-27-13-10-7-3/h36-37,41H,5-35H2,1-4H3. The summed E-state index contributed by atoms with van der Waals surface area (Å²) in [4.78, 5) is 26.6. The van der Waals surface area contributed by atoms with Crippen LogP contribution in [0.2, 0.25) is 0 Å². The van der Waals surface area contributed by atoms with Crippen molar-refractivity contribution in [3.63, 3.8) is 0 Å². The fourth-order valence-electron chi connectivity index (χ4n) is 5.97. The van der Waals surface area contributed by atoms with Gasteiger partial charge in [-0.15, -0.1) is 0 Å². The highest BCUT2D eigenvalue weighted by molar-refractivity contribution is 5.69. The van der Waals surface area contributed by atoms with E-state index in [0.29, 0.717) is 26.0 Å². The largest absolute Gasteiger partial charge is 0.466 e. The van der Waals surface area contributed by atoms with Gasteiger partial charge in [0.05, 0.1) is 12.7 Å². The first-order valence-electron chi connectivity index (χ1n) is 19.6. The zero-order valence-electron chi connectivity index (χ0n) is 30.6. The Labute approximate surface area is 280 Å². The number of carbonyl (C=O) groups excluding carboxylic acids is 2. The van der Waals surface area contributed by atoms with Gasteiger partial charge in [-0.1, -0.05) is 130 Å². The lowest BCUT2D eigenvalue weighted by atomic mass is 10.0. The molecule has 45 heavy (non-hydrogen) atoms. The van der Waals surface area contributed by atoms with E-state index in [-0.39, 0.29) is 24.1 Å². The Morgan fingerprint density at radius 3 is 1.60 bits per heavy atom. The van der Waals surface area contributed by atoms with Crippen molar-refractivity contribution in [2.24, 2.45) is 0 Å². The van der Waals surface area contributed by atoms with Crippen LogP contribution in [0.1, 0.15) is 201 Å². The minimum Gasteiger partial charge on any atom is -0.466 e. The summed E-state index contributed by atoms with van der Waals surface area (Å²) < 4.78 is 11.3. The van der Waals surface area contributed by atoms with Gasteiger partial charge in [0, 0.05) is 19.4 Å². The summed E-state index contributed by atoms with van der Waals surface area (Å²) in [6, 6.07) is 0. The third-order valence-corrected chi connectivity index (χ3v) is 8.93. The second-order valence-corrected chi connectivity index (χ2v) is 13.7. The van der Waals surface area contributed by atoms with E-state index in [2.05, 4.69) is 32.7 Å². The van der Waals surface area contributed by atoms with Gasteiger partial charge in [0.1, 0.15) is 6.10 Å². The van der Waals surface area contributed by atoms with Crippen LogP contribution in [-0.4, -0.2) is 60.9 Å². The van der Waals surface area contributed by atoms with Gasteiger partial charge in [0.25, 0.3) is 0 Å². The fourth-order valence-corrected chi connectivity index (χ4v) is 5.97. The van der Waals surface area contributed by atoms with Crippen LogP contribution in [0, 0.1) is 0 Å². The van der Waals surface area contributed by atoms with Gasteiger partial charge in [-0.25, -0.2) is 0 Å². The van der Waals surface area contributed by atoms with Crippen LogP contribution in [0.4, 0.5) is 0 Å². The molecular formula is C39H77NO5. The Kier molecular flexibility index (Phi) is 33.3. The predicted octanol–water partition coefficient (Wildman–Crippen LogP) is 10.7. The first-order chi connectivity index (χ1) is 21.9. The molecule has 6 nitrogen and oxygen atoms in total. The molecule has 0 saturated heterocycles. The molecule has 0 spiro atoms. The Balaban J connectivity index is 3.87. The van der Waals surface area contributed by atoms with Crippen molar-refractivity contribution in [2.45, 2.75) is 213 Å². The number of carbonyl (C=O) groups is 2. The molecule has 0 radical (unpaired) electrons. The Morgan fingerprint density at radius 2 is 1.00 bits per heavy atom. The van der Waals surface area contributed by atoms with Gasteiger partial charge in [-0.2, -0.15) is 0 Å². The molecule has 0 aliphatic rings. The van der Waals surface area contributed by atoms with Gasteiger partial charge in [0.15, 0.2) is 0 Å². The van der Waals surface area contributed by atoms with Crippen molar-refractivity contribution >= 4 is 11.9 Å². The second kappa shape index (κ2) is 34.2. The number of aliphatic hydroxyl groups excluding tert-OH is 1. The molecule has 0 aromatic carbocycles. The predicted molar refractivity (Wildman–Crippen MR) is 191 cm³/mol. The highest BCUT2D eigenvalue weighted by Crippen LogP contribution is 2.18. The van der Waals surface area contributed by atoms with E-state index in [0.717, 1.165) is 90.0 Å². The molecule has 1 N–H and O–H groups in total. The molecule has 6 heteroatoms. The number of unbranched alkanes of at least 4 members (excludes halogenated alkanes) is 18. The van der Waals surface area contributed by atoms with E-state index in [1.54, 1.807) is 0 Å². The molecule has 0 amide bonds. The Morgan fingerprint density at radius 1 is 0.556 bits per heavy atom. The summed E-state index contributed by atoms with van der Waals surface area (Å²) in [5, 5.41) is 10.4. The molecule has 0 fully saturated rings. The first-order valence-corrected chi connectivity index (χ1v) is 19.6. The van der Waals surface area contributed by atoms with Crippen LogP contribution in [0.15, 0.2) is 0 Å². The number of likely N-dealkylation sites (N-methyl/N-ethyl adjacent to an activating group) is 1. The van der Waals surface area contributed by atoms with E-state index < -0.39 is 0 Å². The smallest absolute Gasteiger partial charge is 0.306 e. The van der Waals surface area contributed by atoms with Gasteiger partial charge in [-0.05, 0) is 71.4 Å². The highest BCUT2D eigenvalue weighted by Gasteiger charge is 2.14. The van der Waals surface area contributed by atoms with Gasteiger partial charge in [0.2, 0.25) is 0 Å². The number of hydrogen-bond acceptors (Lipinski definition) is 6. The summed E-state index contributed by atoms with van der Waals surface area (Å²) in [7, 11) is 2.08. The molecular weight excluding hydrogens is 562 g/mol. The zero-order valence-corrected chi connectivity index (χ0v) is 30.6. The first kappa shape index (κ1) is 43.9. The topological polar surface area (TPSA) is 76.1 Å². The minimum atomic E-state index is -0.312. The number of ether oxygens (including phenoxy) is 2. The summed E-state index contributed by atoms with van der Waals surface area (Å²) >= 11 is 0. The number of nitrogens with zero attached hydrogens (tertiary/aromatic N) is 1. The number of aliphatic hydroxyl groups is 1. The molecule has 0 aliphatic carbocycles. The lowest BCUT2D eigenvalue weighted by Crippen LogP contribution is -2.29. The van der Waals surface area contributed by atoms with E-state index in [9.17, 15) is 14.7 Å². The van der Waals surface area contributed by atoms with Crippen molar-refractivity contribution in [2.75, 3.05) is 26.7 Å². The minimum absolute atomic E-state index is 0.00556. The summed E-state index contributed by atoms with van der Waals surface area (Å²) in [5.74, 6) is -0.0753. The molecule has 268 valence electrons. The maximum atomic E-state index is 12.6. The third-order valence-electron chi connectivity index (χ3n) is 8.93. The average molecular weight is 640 g/mol. The van der Waals surface area contributed by atoms with Crippen molar-refractivity contribution in [1.29, 1.82) is 0 Å². The lowest BCUT2D eigenvalue weighted by Gasteiger charge is -2.20. The molecule has 0 aliphatic heterocycles. The van der Waals surface area contributed by atoms with Gasteiger partial charge < -0.3 is 19.5 Å². The lowest BCUT2D eigenvalue weighted by molar-refractivity contribution is -0.150. The molecule has 0 aromatic heterocycles. The zero-order chi connectivity index (χ0) is 33.2. The van der Waals surface area contributed by atoms with Crippen molar-refractivity contribution in [1.82, 2.24) is 4.90 Å². The molecule has 0 heterocycles. The fraction of sp³-hybridized carbons (Fsp3) is 0.949. The Hall–Kier alpha value is -1.14. The summed E-state index contributed by atoms with van der Waals surface area (Å²) in [5.41, 5.74) is 0. The molecule has 0 rings (SSSR count). The average Bonchev–Trinajstić information content (AvgIpc) is 3.01. The number of hydrogen-bond donors (Lipinski definition) is 1. The van der Waals surface area contributed by atoms with Crippen molar-refractivity contribution < 1.29 is 24.2 Å². The third kappa shape index (κ3) is 32.6. The van der Waals surface area contributed by atoms with Crippen LogP contribution in [0.25, 0.3) is 0 Å². The van der Waals surface area contributed by atoms with Crippen LogP contribution in [0.5, 0.6) is 0 Å². The second-order valence-electron chi connectivity index (χ2n) is 13.7. The summed E-state index contributed by atoms with van der Waals surface area (Å²) in [6.45, 7) is 8.92. The highest BCUT2D eigenvalue weighted by atomic mass is 16.5. The SMILES string of the molecule is CCCCCCCCC(CCCCCCC)OC(=O)CCCCCCCN(C)CC(O)CCCCCC(=O)OCCCCCC. The van der Waals surface area contributed by atoms with Crippen LogP contribution < -0.4 is 0 Å². The van der Waals surface area contributed by atoms with Crippen LogP contribution >= 0.6 is 0 Å². The normalized spacial score (nSPS) is 12.8. The van der Waals surface area contributed by atoms with E-state index in [1.807, 2.05) is 0 Å². The van der Waals surface area contributed by atoms with Gasteiger partial charge >= 0.3 is 11.9 Å². The van der Waals surface area contributed by atoms with E-state index in [4.69, 9.17) is 9.47 Å². The molecule has 2 unspecified atom stereocenters. The van der Waals surface area contributed by atoms with Crippen LogP contribution in [-0.2, 0) is 19.1 Å². The molecule has 0 bridgehead atoms. The molecule has 0 saturated carbocycles.